The van der Waals surface area contributed by atoms with Crippen LogP contribution in [-0.4, -0.2) is 27.0 Å². The molecule has 1 aromatic carbocycles. The standard InChI is InChI=1S/C11H17FN2O2S2/c1-17-5-3-2-4-14-18(15,16)11-7-9(12)6-10(13)8-11/h6-8,14H,2-5,13H2,1H3. The van der Waals surface area contributed by atoms with E-state index in [1.54, 1.807) is 11.8 Å². The molecule has 0 fully saturated rings. The van der Waals surface area contributed by atoms with Crippen LogP contribution >= 0.6 is 11.8 Å². The summed E-state index contributed by atoms with van der Waals surface area (Å²) in [6, 6.07) is 3.28. The number of nitrogens with one attached hydrogen (secondary N) is 1. The molecule has 0 heterocycles. The third-order valence-corrected chi connectivity index (χ3v) is 4.41. The lowest BCUT2D eigenvalue weighted by atomic mass is 10.3. The second kappa shape index (κ2) is 6.96. The predicted molar refractivity (Wildman–Crippen MR) is 73.6 cm³/mol. The zero-order valence-corrected chi connectivity index (χ0v) is 11.8. The number of benzene rings is 1. The zero-order chi connectivity index (χ0) is 13.6. The summed E-state index contributed by atoms with van der Waals surface area (Å²) < 4.78 is 39.2. The van der Waals surface area contributed by atoms with Gasteiger partial charge in [0, 0.05) is 12.2 Å². The molecule has 1 aromatic rings. The molecule has 0 amide bonds. The average Bonchev–Trinajstić information content (AvgIpc) is 2.27. The second-order valence-electron chi connectivity index (χ2n) is 3.82. The van der Waals surface area contributed by atoms with E-state index in [-0.39, 0.29) is 10.6 Å². The van der Waals surface area contributed by atoms with Crippen molar-refractivity contribution in [2.45, 2.75) is 17.7 Å². The third-order valence-electron chi connectivity index (χ3n) is 2.27. The number of halogens is 1. The molecular weight excluding hydrogens is 275 g/mol. The highest BCUT2D eigenvalue weighted by Gasteiger charge is 2.14. The van der Waals surface area contributed by atoms with Gasteiger partial charge in [-0.25, -0.2) is 17.5 Å². The number of nitrogens with two attached hydrogens (primary N) is 1. The Morgan fingerprint density at radius 2 is 2.06 bits per heavy atom. The van der Waals surface area contributed by atoms with E-state index in [1.807, 2.05) is 6.26 Å². The molecule has 0 radical (unpaired) electrons. The maximum atomic E-state index is 13.1. The van der Waals surface area contributed by atoms with E-state index >= 15 is 0 Å². The Morgan fingerprint density at radius 1 is 1.33 bits per heavy atom. The van der Waals surface area contributed by atoms with Gasteiger partial charge in [-0.05, 0) is 43.0 Å². The molecule has 3 N–H and O–H groups in total. The van der Waals surface area contributed by atoms with Crippen LogP contribution in [-0.2, 0) is 10.0 Å². The molecule has 0 spiro atoms. The summed E-state index contributed by atoms with van der Waals surface area (Å²) in [7, 11) is -3.67. The van der Waals surface area contributed by atoms with Crippen LogP contribution in [0.1, 0.15) is 12.8 Å². The van der Waals surface area contributed by atoms with Crippen molar-refractivity contribution in [2.75, 3.05) is 24.3 Å². The Kier molecular flexibility index (Phi) is 5.90. The van der Waals surface area contributed by atoms with Crippen LogP contribution in [0.3, 0.4) is 0 Å². The number of thioether (sulfide) groups is 1. The maximum absolute atomic E-state index is 13.1. The van der Waals surface area contributed by atoms with Crippen molar-refractivity contribution < 1.29 is 12.8 Å². The smallest absolute Gasteiger partial charge is 0.240 e. The van der Waals surface area contributed by atoms with Gasteiger partial charge in [0.15, 0.2) is 0 Å². The summed E-state index contributed by atoms with van der Waals surface area (Å²) >= 11 is 1.72. The van der Waals surface area contributed by atoms with Crippen molar-refractivity contribution >= 4 is 27.5 Å². The fourth-order valence-corrected chi connectivity index (χ4v) is 3.03. The molecule has 0 saturated heterocycles. The number of nitrogen functional groups attached to an aromatic ring is 1. The first-order chi connectivity index (χ1) is 8.45. The summed E-state index contributed by atoms with van der Waals surface area (Å²) in [6.45, 7) is 0.347. The van der Waals surface area contributed by atoms with Crippen LogP contribution in [0, 0.1) is 5.82 Å². The van der Waals surface area contributed by atoms with Gasteiger partial charge >= 0.3 is 0 Å². The van der Waals surface area contributed by atoms with Crippen molar-refractivity contribution in [1.29, 1.82) is 0 Å². The first-order valence-corrected chi connectivity index (χ1v) is 8.38. The van der Waals surface area contributed by atoms with Gasteiger partial charge in [-0.15, -0.1) is 0 Å². The maximum Gasteiger partial charge on any atom is 0.240 e. The number of hydrogen-bond acceptors (Lipinski definition) is 4. The highest BCUT2D eigenvalue weighted by atomic mass is 32.2. The molecule has 1 rings (SSSR count). The first-order valence-electron chi connectivity index (χ1n) is 5.50. The van der Waals surface area contributed by atoms with Crippen LogP contribution in [0.15, 0.2) is 23.1 Å². The summed E-state index contributed by atoms with van der Waals surface area (Å²) in [5.41, 5.74) is 5.51. The normalized spacial score (nSPS) is 11.7. The molecule has 0 aliphatic carbocycles. The Morgan fingerprint density at radius 3 is 2.67 bits per heavy atom. The van der Waals surface area contributed by atoms with Crippen LogP contribution in [0.5, 0.6) is 0 Å². The number of sulfonamides is 1. The number of hydrogen-bond donors (Lipinski definition) is 2. The number of unbranched alkanes of at least 4 members (excludes halogenated alkanes) is 1. The number of rotatable bonds is 7. The third kappa shape index (κ3) is 4.83. The van der Waals surface area contributed by atoms with Crippen LogP contribution in [0.2, 0.25) is 0 Å². The molecule has 0 aliphatic rings. The van der Waals surface area contributed by atoms with Crippen molar-refractivity contribution in [2.24, 2.45) is 0 Å². The lowest BCUT2D eigenvalue weighted by Gasteiger charge is -2.07. The first kappa shape index (κ1) is 15.3. The van der Waals surface area contributed by atoms with Gasteiger partial charge in [0.05, 0.1) is 4.90 Å². The van der Waals surface area contributed by atoms with Gasteiger partial charge in [0.25, 0.3) is 0 Å². The summed E-state index contributed by atoms with van der Waals surface area (Å²) in [6.07, 6.45) is 3.69. The van der Waals surface area contributed by atoms with Crippen molar-refractivity contribution in [3.63, 3.8) is 0 Å². The SMILES string of the molecule is CSCCCCNS(=O)(=O)c1cc(N)cc(F)c1. The monoisotopic (exact) mass is 292 g/mol. The number of anilines is 1. The van der Waals surface area contributed by atoms with E-state index in [2.05, 4.69) is 4.72 Å². The summed E-state index contributed by atoms with van der Waals surface area (Å²) in [4.78, 5) is -0.134. The summed E-state index contributed by atoms with van der Waals surface area (Å²) in [5, 5.41) is 0. The second-order valence-corrected chi connectivity index (χ2v) is 6.57. The largest absolute Gasteiger partial charge is 0.399 e. The van der Waals surface area contributed by atoms with E-state index in [4.69, 9.17) is 5.73 Å². The molecule has 18 heavy (non-hydrogen) atoms. The summed E-state index contributed by atoms with van der Waals surface area (Å²) in [5.74, 6) is 0.340. The molecule has 0 unspecified atom stereocenters. The molecule has 0 aromatic heterocycles. The van der Waals surface area contributed by atoms with Gasteiger partial charge in [-0.1, -0.05) is 0 Å². The van der Waals surface area contributed by atoms with E-state index in [0.717, 1.165) is 30.7 Å². The van der Waals surface area contributed by atoms with Gasteiger partial charge in [-0.3, -0.25) is 0 Å². The van der Waals surface area contributed by atoms with Gasteiger partial charge in [-0.2, -0.15) is 11.8 Å². The lowest BCUT2D eigenvalue weighted by Crippen LogP contribution is -2.25. The minimum absolute atomic E-state index is 0.0951. The van der Waals surface area contributed by atoms with E-state index in [0.29, 0.717) is 6.54 Å². The molecule has 0 atom stereocenters. The quantitative estimate of drug-likeness (QED) is 0.594. The fraction of sp³-hybridized carbons (Fsp3) is 0.455. The van der Waals surface area contributed by atoms with E-state index in [1.165, 1.54) is 6.07 Å². The molecule has 0 bridgehead atoms. The molecule has 102 valence electrons. The molecule has 0 saturated carbocycles. The Bertz CT molecular complexity index is 472. The van der Waals surface area contributed by atoms with E-state index < -0.39 is 15.8 Å². The predicted octanol–water partition coefficient (Wildman–Crippen LogP) is 1.83. The molecule has 7 heteroatoms. The topological polar surface area (TPSA) is 72.2 Å². The van der Waals surface area contributed by atoms with Crippen LogP contribution in [0.4, 0.5) is 10.1 Å². The Hall–Kier alpha value is -0.790. The Balaban J connectivity index is 2.63. The van der Waals surface area contributed by atoms with Gasteiger partial charge in [0.2, 0.25) is 10.0 Å². The molecular formula is C11H17FN2O2S2. The van der Waals surface area contributed by atoms with Crippen molar-refractivity contribution in [3.8, 4) is 0 Å². The average molecular weight is 292 g/mol. The molecule has 0 aliphatic heterocycles. The highest BCUT2D eigenvalue weighted by Crippen LogP contribution is 2.15. The zero-order valence-electron chi connectivity index (χ0n) is 10.1. The Labute approximate surface area is 111 Å². The highest BCUT2D eigenvalue weighted by molar-refractivity contribution is 7.98. The van der Waals surface area contributed by atoms with E-state index in [9.17, 15) is 12.8 Å². The fourth-order valence-electron chi connectivity index (χ4n) is 1.40. The lowest BCUT2D eigenvalue weighted by molar-refractivity contribution is 0.575. The minimum atomic E-state index is -3.67. The van der Waals surface area contributed by atoms with Gasteiger partial charge < -0.3 is 5.73 Å². The van der Waals surface area contributed by atoms with Crippen molar-refractivity contribution in [3.05, 3.63) is 24.0 Å². The minimum Gasteiger partial charge on any atom is -0.399 e. The van der Waals surface area contributed by atoms with Crippen LogP contribution in [0.25, 0.3) is 0 Å². The van der Waals surface area contributed by atoms with Crippen molar-refractivity contribution in [1.82, 2.24) is 4.72 Å². The van der Waals surface area contributed by atoms with Gasteiger partial charge in [0.1, 0.15) is 5.82 Å². The van der Waals surface area contributed by atoms with Crippen LogP contribution < -0.4 is 10.5 Å². The molecule has 4 nitrogen and oxygen atoms in total.